The SMILES string of the molecule is COCCN=c1scc(-c2ccc(OC(F)F)cc2)n1N=Cc1ccc[nH]1. The van der Waals surface area contributed by atoms with Gasteiger partial charge < -0.3 is 14.5 Å². The monoisotopic (exact) mass is 392 g/mol. The van der Waals surface area contributed by atoms with Crippen LogP contribution in [0.15, 0.2) is 58.1 Å². The average molecular weight is 392 g/mol. The lowest BCUT2D eigenvalue weighted by atomic mass is 10.2. The molecule has 0 spiro atoms. The fraction of sp³-hybridized carbons (Fsp3) is 0.222. The van der Waals surface area contributed by atoms with Crippen molar-refractivity contribution in [3.05, 3.63) is 58.5 Å². The summed E-state index contributed by atoms with van der Waals surface area (Å²) in [7, 11) is 1.62. The van der Waals surface area contributed by atoms with Crippen LogP contribution in [0.5, 0.6) is 5.75 Å². The third-order valence-electron chi connectivity index (χ3n) is 3.54. The van der Waals surface area contributed by atoms with Crippen molar-refractivity contribution >= 4 is 17.6 Å². The van der Waals surface area contributed by atoms with Crippen LogP contribution in [-0.2, 0) is 4.74 Å². The van der Waals surface area contributed by atoms with Crippen LogP contribution in [0.1, 0.15) is 5.69 Å². The van der Waals surface area contributed by atoms with Crippen LogP contribution in [0, 0.1) is 0 Å². The normalized spacial score (nSPS) is 12.4. The fourth-order valence-corrected chi connectivity index (χ4v) is 3.17. The molecule has 2 heterocycles. The number of methoxy groups -OCH3 is 1. The van der Waals surface area contributed by atoms with Gasteiger partial charge in [0.05, 0.1) is 30.8 Å². The van der Waals surface area contributed by atoms with Crippen molar-refractivity contribution in [3.8, 4) is 17.0 Å². The van der Waals surface area contributed by atoms with Crippen LogP contribution in [0.3, 0.4) is 0 Å². The summed E-state index contributed by atoms with van der Waals surface area (Å²) < 4.78 is 35.8. The second-order valence-electron chi connectivity index (χ2n) is 5.36. The van der Waals surface area contributed by atoms with E-state index in [1.165, 1.54) is 23.5 Å². The number of H-pyrrole nitrogens is 1. The highest BCUT2D eigenvalue weighted by Gasteiger charge is 2.09. The molecule has 2 aromatic heterocycles. The molecule has 0 aliphatic heterocycles. The molecule has 6 nitrogen and oxygen atoms in total. The molecule has 0 amide bonds. The number of halogens is 2. The highest BCUT2D eigenvalue weighted by molar-refractivity contribution is 7.07. The maximum absolute atomic E-state index is 12.3. The number of aromatic nitrogens is 2. The first kappa shape index (κ1) is 19.0. The lowest BCUT2D eigenvalue weighted by Gasteiger charge is -2.06. The zero-order valence-corrected chi connectivity index (χ0v) is 15.3. The Hall–Kier alpha value is -2.78. The number of rotatable bonds is 8. The van der Waals surface area contributed by atoms with Gasteiger partial charge in [-0.2, -0.15) is 13.9 Å². The largest absolute Gasteiger partial charge is 0.435 e. The molecule has 0 unspecified atom stereocenters. The van der Waals surface area contributed by atoms with Gasteiger partial charge in [0.25, 0.3) is 0 Å². The maximum atomic E-state index is 12.3. The molecule has 3 rings (SSSR count). The molecule has 0 radical (unpaired) electrons. The van der Waals surface area contributed by atoms with Gasteiger partial charge in [-0.1, -0.05) is 0 Å². The van der Waals surface area contributed by atoms with Gasteiger partial charge in [0.1, 0.15) is 5.75 Å². The van der Waals surface area contributed by atoms with Gasteiger partial charge in [0.15, 0.2) is 0 Å². The summed E-state index contributed by atoms with van der Waals surface area (Å²) in [5.74, 6) is 0.107. The molecule has 1 aromatic carbocycles. The second-order valence-corrected chi connectivity index (χ2v) is 6.20. The first-order valence-electron chi connectivity index (χ1n) is 8.10. The van der Waals surface area contributed by atoms with E-state index in [1.807, 2.05) is 23.7 Å². The van der Waals surface area contributed by atoms with E-state index in [4.69, 9.17) is 4.74 Å². The van der Waals surface area contributed by atoms with Crippen molar-refractivity contribution in [2.45, 2.75) is 6.61 Å². The van der Waals surface area contributed by atoms with Crippen LogP contribution < -0.4 is 9.54 Å². The average Bonchev–Trinajstić information content (AvgIpc) is 3.30. The van der Waals surface area contributed by atoms with Gasteiger partial charge in [-0.05, 0) is 36.4 Å². The highest BCUT2D eigenvalue weighted by atomic mass is 32.1. The Morgan fingerprint density at radius 1 is 1.26 bits per heavy atom. The van der Waals surface area contributed by atoms with Gasteiger partial charge in [-0.15, -0.1) is 11.3 Å². The van der Waals surface area contributed by atoms with Crippen LogP contribution in [-0.4, -0.2) is 42.7 Å². The van der Waals surface area contributed by atoms with Gasteiger partial charge in [-0.25, -0.2) is 4.68 Å². The minimum Gasteiger partial charge on any atom is -0.435 e. The standard InChI is InChI=1S/C18H18F2N4O2S/c1-25-10-9-22-18-24(23-11-14-3-2-8-21-14)16(12-27-18)13-4-6-15(7-5-13)26-17(19)20/h2-8,11-12,17,21H,9-10H2,1H3. The lowest BCUT2D eigenvalue weighted by Crippen LogP contribution is -2.13. The first-order valence-corrected chi connectivity index (χ1v) is 8.98. The quantitative estimate of drug-likeness (QED) is 0.470. The molecular formula is C18H18F2N4O2S. The number of benzene rings is 1. The summed E-state index contributed by atoms with van der Waals surface area (Å²) >= 11 is 1.44. The lowest BCUT2D eigenvalue weighted by molar-refractivity contribution is -0.0498. The molecule has 0 bridgehead atoms. The third kappa shape index (κ3) is 5.11. The van der Waals surface area contributed by atoms with Crippen LogP contribution >= 0.6 is 11.3 Å². The molecule has 0 aliphatic carbocycles. The van der Waals surface area contributed by atoms with E-state index >= 15 is 0 Å². The molecule has 0 fully saturated rings. The van der Waals surface area contributed by atoms with Crippen molar-refractivity contribution in [1.29, 1.82) is 0 Å². The Morgan fingerprint density at radius 3 is 2.74 bits per heavy atom. The third-order valence-corrected chi connectivity index (χ3v) is 4.39. The molecule has 0 aliphatic rings. The first-order chi connectivity index (χ1) is 13.2. The van der Waals surface area contributed by atoms with Crippen molar-refractivity contribution in [1.82, 2.24) is 9.66 Å². The Labute approximate surface area is 158 Å². The smallest absolute Gasteiger partial charge is 0.387 e. The van der Waals surface area contributed by atoms with E-state index < -0.39 is 6.61 Å². The van der Waals surface area contributed by atoms with Crippen LogP contribution in [0.25, 0.3) is 11.3 Å². The van der Waals surface area contributed by atoms with Crippen molar-refractivity contribution in [2.75, 3.05) is 20.3 Å². The van der Waals surface area contributed by atoms with E-state index in [9.17, 15) is 8.78 Å². The molecule has 27 heavy (non-hydrogen) atoms. The summed E-state index contributed by atoms with van der Waals surface area (Å²) in [6.45, 7) is -1.83. The molecule has 3 aromatic rings. The zero-order chi connectivity index (χ0) is 19.1. The Bertz CT molecular complexity index is 931. The fourth-order valence-electron chi connectivity index (χ4n) is 2.30. The predicted octanol–water partition coefficient (Wildman–Crippen LogP) is 3.58. The van der Waals surface area contributed by atoms with E-state index in [0.717, 1.165) is 17.0 Å². The Balaban J connectivity index is 1.95. The number of thiazole rings is 1. The van der Waals surface area contributed by atoms with E-state index in [0.29, 0.717) is 18.0 Å². The molecule has 142 valence electrons. The summed E-state index contributed by atoms with van der Waals surface area (Å²) in [6.07, 6.45) is 3.51. The molecule has 9 heteroatoms. The van der Waals surface area contributed by atoms with E-state index in [-0.39, 0.29) is 5.75 Å². The van der Waals surface area contributed by atoms with Crippen molar-refractivity contribution in [2.24, 2.45) is 10.1 Å². The molecule has 0 atom stereocenters. The van der Waals surface area contributed by atoms with Gasteiger partial charge in [0.2, 0.25) is 4.80 Å². The van der Waals surface area contributed by atoms with E-state index in [1.54, 1.807) is 30.1 Å². The minimum atomic E-state index is -2.85. The summed E-state index contributed by atoms with van der Waals surface area (Å²) in [6, 6.07) is 10.2. The summed E-state index contributed by atoms with van der Waals surface area (Å²) in [4.78, 5) is 8.27. The highest BCUT2D eigenvalue weighted by Crippen LogP contribution is 2.24. The van der Waals surface area contributed by atoms with Crippen LogP contribution in [0.4, 0.5) is 8.78 Å². The zero-order valence-electron chi connectivity index (χ0n) is 14.5. The topological polar surface area (TPSA) is 63.9 Å². The number of hydrogen-bond acceptors (Lipinski definition) is 5. The van der Waals surface area contributed by atoms with E-state index in [2.05, 4.69) is 19.8 Å². The summed E-state index contributed by atoms with van der Waals surface area (Å²) in [5, 5.41) is 6.44. The van der Waals surface area contributed by atoms with Crippen molar-refractivity contribution in [3.63, 3.8) is 0 Å². The number of hydrogen-bond donors (Lipinski definition) is 1. The van der Waals surface area contributed by atoms with Gasteiger partial charge >= 0.3 is 6.61 Å². The van der Waals surface area contributed by atoms with Crippen molar-refractivity contribution < 1.29 is 18.3 Å². The molecular weight excluding hydrogens is 374 g/mol. The number of aromatic amines is 1. The minimum absolute atomic E-state index is 0.107. The predicted molar refractivity (Wildman–Crippen MR) is 100 cm³/mol. The van der Waals surface area contributed by atoms with Crippen LogP contribution in [0.2, 0.25) is 0 Å². The number of nitrogens with zero attached hydrogens (tertiary/aromatic N) is 3. The van der Waals surface area contributed by atoms with Gasteiger partial charge in [0, 0.05) is 24.3 Å². The van der Waals surface area contributed by atoms with Gasteiger partial charge in [-0.3, -0.25) is 4.99 Å². The molecule has 0 saturated heterocycles. The molecule has 1 N–H and O–H groups in total. The maximum Gasteiger partial charge on any atom is 0.387 e. The Morgan fingerprint density at radius 2 is 2.07 bits per heavy atom. The number of alkyl halides is 2. The molecule has 0 saturated carbocycles. The Kier molecular flexibility index (Phi) is 6.50. The number of nitrogens with one attached hydrogen (secondary N) is 1. The number of ether oxygens (including phenoxy) is 2. The summed E-state index contributed by atoms with van der Waals surface area (Å²) in [5.41, 5.74) is 2.45. The second kappa shape index (κ2) is 9.24.